The average Bonchev–Trinajstić information content (AvgIpc) is 3.00. The summed E-state index contributed by atoms with van der Waals surface area (Å²) in [7, 11) is 1.83. The average molecular weight is 405 g/mol. The lowest BCUT2D eigenvalue weighted by molar-refractivity contribution is 0.102. The van der Waals surface area contributed by atoms with Gasteiger partial charge in [0.15, 0.2) is 5.13 Å². The molecule has 0 atom stereocenters. The highest BCUT2D eigenvalue weighted by Crippen LogP contribution is 2.31. The summed E-state index contributed by atoms with van der Waals surface area (Å²) in [5, 5.41) is 7.78. The molecule has 0 unspecified atom stereocenters. The zero-order valence-electron chi connectivity index (χ0n) is 13.8. The molecule has 5 nitrogen and oxygen atoms in total. The summed E-state index contributed by atoms with van der Waals surface area (Å²) in [6.07, 6.45) is 0. The van der Waals surface area contributed by atoms with E-state index in [-0.39, 0.29) is 5.91 Å². The van der Waals surface area contributed by atoms with Gasteiger partial charge in [-0.2, -0.15) is 5.10 Å². The highest BCUT2D eigenvalue weighted by atomic mass is 79.9. The predicted octanol–water partition coefficient (Wildman–Crippen LogP) is 4.48. The number of hydrogen-bond acceptors (Lipinski definition) is 4. The first-order valence-corrected chi connectivity index (χ1v) is 9.02. The van der Waals surface area contributed by atoms with Crippen LogP contribution < -0.4 is 5.32 Å². The van der Waals surface area contributed by atoms with Crippen LogP contribution in [0, 0.1) is 20.8 Å². The van der Waals surface area contributed by atoms with Gasteiger partial charge in [-0.1, -0.05) is 28.1 Å². The number of nitrogens with one attached hydrogen (secondary N) is 1. The topological polar surface area (TPSA) is 59.8 Å². The number of thiazole rings is 1. The number of anilines is 1. The van der Waals surface area contributed by atoms with E-state index in [0.717, 1.165) is 26.3 Å². The Labute approximate surface area is 152 Å². The SMILES string of the molecule is Cc1nn(C)c(C)c1C(=O)Nc1nc(-c2ccc(Br)cc2)c(C)s1. The molecule has 0 aliphatic rings. The highest BCUT2D eigenvalue weighted by molar-refractivity contribution is 9.10. The number of hydrogen-bond donors (Lipinski definition) is 1. The predicted molar refractivity (Wildman–Crippen MR) is 101 cm³/mol. The molecule has 1 amide bonds. The molecule has 0 saturated carbocycles. The van der Waals surface area contributed by atoms with Crippen molar-refractivity contribution in [1.82, 2.24) is 14.8 Å². The lowest BCUT2D eigenvalue weighted by atomic mass is 10.1. The fourth-order valence-corrected chi connectivity index (χ4v) is 3.68. The Hall–Kier alpha value is -1.99. The smallest absolute Gasteiger partial charge is 0.261 e. The fraction of sp³-hybridized carbons (Fsp3) is 0.235. The Bertz CT molecular complexity index is 912. The first-order chi connectivity index (χ1) is 11.4. The molecule has 1 aromatic carbocycles. The molecule has 0 saturated heterocycles. The van der Waals surface area contributed by atoms with Gasteiger partial charge in [0.2, 0.25) is 0 Å². The van der Waals surface area contributed by atoms with Crippen molar-refractivity contribution in [3.8, 4) is 11.3 Å². The maximum Gasteiger partial charge on any atom is 0.261 e. The van der Waals surface area contributed by atoms with Gasteiger partial charge in [0.1, 0.15) is 0 Å². The van der Waals surface area contributed by atoms with Crippen LogP contribution in [0.25, 0.3) is 11.3 Å². The Morgan fingerprint density at radius 3 is 2.46 bits per heavy atom. The number of rotatable bonds is 3. The zero-order valence-corrected chi connectivity index (χ0v) is 16.2. The van der Waals surface area contributed by atoms with E-state index in [1.165, 1.54) is 11.3 Å². The third-order valence-electron chi connectivity index (χ3n) is 3.87. The van der Waals surface area contributed by atoms with Crippen molar-refractivity contribution in [3.63, 3.8) is 0 Å². The van der Waals surface area contributed by atoms with Crippen LogP contribution in [-0.2, 0) is 7.05 Å². The van der Waals surface area contributed by atoms with E-state index < -0.39 is 0 Å². The van der Waals surface area contributed by atoms with Crippen molar-refractivity contribution in [3.05, 3.63) is 50.6 Å². The molecule has 1 N–H and O–H groups in total. The number of carbonyl (C=O) groups is 1. The lowest BCUT2D eigenvalue weighted by Gasteiger charge is -2.02. The lowest BCUT2D eigenvalue weighted by Crippen LogP contribution is -2.13. The number of amides is 1. The summed E-state index contributed by atoms with van der Waals surface area (Å²) in [4.78, 5) is 18.2. The van der Waals surface area contributed by atoms with Gasteiger partial charge in [0.05, 0.1) is 17.0 Å². The maximum absolute atomic E-state index is 12.6. The van der Waals surface area contributed by atoms with Crippen LogP contribution in [0.4, 0.5) is 5.13 Å². The third kappa shape index (κ3) is 3.14. The molecule has 0 fully saturated rings. The molecule has 3 aromatic rings. The van der Waals surface area contributed by atoms with Gasteiger partial charge in [-0.15, -0.1) is 11.3 Å². The van der Waals surface area contributed by atoms with Gasteiger partial charge < -0.3 is 0 Å². The summed E-state index contributed by atoms with van der Waals surface area (Å²) in [6.45, 7) is 5.73. The monoisotopic (exact) mass is 404 g/mol. The minimum Gasteiger partial charge on any atom is -0.298 e. The van der Waals surface area contributed by atoms with E-state index in [0.29, 0.717) is 16.4 Å². The van der Waals surface area contributed by atoms with Gasteiger partial charge in [-0.3, -0.25) is 14.8 Å². The van der Waals surface area contributed by atoms with Crippen LogP contribution in [0.1, 0.15) is 26.6 Å². The van der Waals surface area contributed by atoms with Crippen molar-refractivity contribution >= 4 is 38.3 Å². The second-order valence-electron chi connectivity index (χ2n) is 5.55. The maximum atomic E-state index is 12.6. The number of aryl methyl sites for hydroxylation is 3. The first-order valence-electron chi connectivity index (χ1n) is 7.41. The van der Waals surface area contributed by atoms with Gasteiger partial charge in [0.25, 0.3) is 5.91 Å². The molecule has 124 valence electrons. The molecule has 2 heterocycles. The summed E-state index contributed by atoms with van der Waals surface area (Å²) >= 11 is 4.91. The van der Waals surface area contributed by atoms with E-state index in [1.807, 2.05) is 52.1 Å². The zero-order chi connectivity index (χ0) is 17.4. The Morgan fingerprint density at radius 2 is 1.88 bits per heavy atom. The molecule has 0 aliphatic heterocycles. The minimum absolute atomic E-state index is 0.172. The molecule has 0 spiro atoms. The van der Waals surface area contributed by atoms with Crippen LogP contribution in [0.3, 0.4) is 0 Å². The molecule has 24 heavy (non-hydrogen) atoms. The van der Waals surface area contributed by atoms with E-state index in [2.05, 4.69) is 31.3 Å². The van der Waals surface area contributed by atoms with Crippen molar-refractivity contribution in [1.29, 1.82) is 0 Å². The molecule has 0 radical (unpaired) electrons. The fourth-order valence-electron chi connectivity index (χ4n) is 2.59. The number of nitrogens with zero attached hydrogens (tertiary/aromatic N) is 3. The second kappa shape index (κ2) is 6.49. The quantitative estimate of drug-likeness (QED) is 0.699. The normalized spacial score (nSPS) is 10.9. The van der Waals surface area contributed by atoms with Crippen LogP contribution in [0.15, 0.2) is 28.7 Å². The van der Waals surface area contributed by atoms with Crippen LogP contribution in [0.5, 0.6) is 0 Å². The highest BCUT2D eigenvalue weighted by Gasteiger charge is 2.19. The molecular formula is C17H17BrN4OS. The van der Waals surface area contributed by atoms with E-state index in [9.17, 15) is 4.79 Å². The van der Waals surface area contributed by atoms with Crippen LogP contribution >= 0.6 is 27.3 Å². The molecule has 2 aromatic heterocycles. The van der Waals surface area contributed by atoms with E-state index >= 15 is 0 Å². The molecule has 7 heteroatoms. The Morgan fingerprint density at radius 1 is 1.21 bits per heavy atom. The standard InChI is InChI=1S/C17H17BrN4OS/c1-9-14(10(2)22(4)21-9)16(23)20-17-19-15(11(3)24-17)12-5-7-13(18)8-6-12/h5-8H,1-4H3,(H,19,20,23). The van der Waals surface area contributed by atoms with Gasteiger partial charge in [-0.05, 0) is 32.9 Å². The largest absolute Gasteiger partial charge is 0.298 e. The first kappa shape index (κ1) is 16.9. The summed E-state index contributed by atoms with van der Waals surface area (Å²) < 4.78 is 2.74. The van der Waals surface area contributed by atoms with Crippen LogP contribution in [0.2, 0.25) is 0 Å². The number of carbonyl (C=O) groups excluding carboxylic acids is 1. The Kier molecular flexibility index (Phi) is 4.56. The van der Waals surface area contributed by atoms with Crippen molar-refractivity contribution in [2.24, 2.45) is 7.05 Å². The minimum atomic E-state index is -0.172. The summed E-state index contributed by atoms with van der Waals surface area (Å²) in [5.74, 6) is -0.172. The van der Waals surface area contributed by atoms with E-state index in [1.54, 1.807) is 4.68 Å². The van der Waals surface area contributed by atoms with Crippen molar-refractivity contribution in [2.75, 3.05) is 5.32 Å². The van der Waals surface area contributed by atoms with Gasteiger partial charge in [0, 0.05) is 27.7 Å². The second-order valence-corrected chi connectivity index (χ2v) is 7.67. The molecular weight excluding hydrogens is 388 g/mol. The van der Waals surface area contributed by atoms with Crippen molar-refractivity contribution in [2.45, 2.75) is 20.8 Å². The van der Waals surface area contributed by atoms with E-state index in [4.69, 9.17) is 0 Å². The van der Waals surface area contributed by atoms with Gasteiger partial charge in [-0.25, -0.2) is 4.98 Å². The third-order valence-corrected chi connectivity index (χ3v) is 5.29. The summed E-state index contributed by atoms with van der Waals surface area (Å²) in [5.41, 5.74) is 4.08. The molecule has 3 rings (SSSR count). The van der Waals surface area contributed by atoms with Crippen molar-refractivity contribution < 1.29 is 4.79 Å². The summed E-state index contributed by atoms with van der Waals surface area (Å²) in [6, 6.07) is 7.98. The number of aromatic nitrogens is 3. The number of benzene rings is 1. The molecule has 0 bridgehead atoms. The molecule has 0 aliphatic carbocycles. The number of halogens is 1. The Balaban J connectivity index is 1.88. The van der Waals surface area contributed by atoms with Crippen LogP contribution in [-0.4, -0.2) is 20.7 Å². The van der Waals surface area contributed by atoms with Gasteiger partial charge >= 0.3 is 0 Å².